The molecule has 2 heterocycles. The van der Waals surface area contributed by atoms with Gasteiger partial charge in [0, 0.05) is 12.7 Å². The van der Waals surface area contributed by atoms with Crippen molar-refractivity contribution >= 4 is 16.9 Å². The molecule has 6 nitrogen and oxygen atoms in total. The van der Waals surface area contributed by atoms with Crippen LogP contribution in [0.4, 0.5) is 0 Å². The van der Waals surface area contributed by atoms with E-state index in [0.717, 1.165) is 5.56 Å². The summed E-state index contributed by atoms with van der Waals surface area (Å²) in [6.07, 6.45) is 2.93. The van der Waals surface area contributed by atoms with Gasteiger partial charge >= 0.3 is 0 Å². The molecule has 0 fully saturated rings. The van der Waals surface area contributed by atoms with Crippen LogP contribution in [0.25, 0.3) is 11.0 Å². The fourth-order valence-electron chi connectivity index (χ4n) is 2.23. The number of carbonyl (C=O) groups is 1. The van der Waals surface area contributed by atoms with E-state index in [1.54, 1.807) is 18.3 Å². The van der Waals surface area contributed by atoms with E-state index in [0.29, 0.717) is 17.6 Å². The first-order valence-electron chi connectivity index (χ1n) is 7.26. The van der Waals surface area contributed by atoms with Crippen LogP contribution in [0.15, 0.2) is 53.7 Å². The second-order valence-corrected chi connectivity index (χ2v) is 5.31. The molecule has 0 saturated carbocycles. The summed E-state index contributed by atoms with van der Waals surface area (Å²) in [7, 11) is 0. The number of aryl methyl sites for hydroxylation is 1. The van der Waals surface area contributed by atoms with Gasteiger partial charge in [-0.15, -0.1) is 0 Å². The number of nitrogens with one attached hydrogen (secondary N) is 1. The number of hydrogen-bond donors (Lipinski definition) is 1. The molecule has 2 aromatic heterocycles. The number of hydrogen-bond acceptors (Lipinski definition) is 4. The van der Waals surface area contributed by atoms with Gasteiger partial charge in [0.2, 0.25) is 5.91 Å². The van der Waals surface area contributed by atoms with Gasteiger partial charge in [-0.25, -0.2) is 9.97 Å². The summed E-state index contributed by atoms with van der Waals surface area (Å²) in [5.41, 5.74) is 2.29. The van der Waals surface area contributed by atoms with Crippen molar-refractivity contribution < 1.29 is 4.79 Å². The molecule has 0 bridgehead atoms. The number of pyridine rings is 1. The van der Waals surface area contributed by atoms with Crippen LogP contribution in [0.5, 0.6) is 0 Å². The van der Waals surface area contributed by atoms with Gasteiger partial charge in [-0.2, -0.15) is 0 Å². The summed E-state index contributed by atoms with van der Waals surface area (Å²) in [5, 5.41) is 3.20. The van der Waals surface area contributed by atoms with Crippen LogP contribution in [0.1, 0.15) is 11.1 Å². The molecule has 1 amide bonds. The maximum atomic E-state index is 12.3. The van der Waals surface area contributed by atoms with Crippen LogP contribution in [0.2, 0.25) is 0 Å². The number of carbonyl (C=O) groups excluding carboxylic acids is 1. The topological polar surface area (TPSA) is 76.9 Å². The average molecular weight is 308 g/mol. The maximum Gasteiger partial charge on any atom is 0.263 e. The van der Waals surface area contributed by atoms with Gasteiger partial charge in [-0.1, -0.05) is 29.8 Å². The predicted octanol–water partition coefficient (Wildman–Crippen LogP) is 1.42. The lowest BCUT2D eigenvalue weighted by Gasteiger charge is -2.08. The van der Waals surface area contributed by atoms with Crippen molar-refractivity contribution in [1.29, 1.82) is 0 Å². The van der Waals surface area contributed by atoms with Crippen molar-refractivity contribution in [2.24, 2.45) is 0 Å². The number of fused-ring (bicyclic) bond motifs is 1. The van der Waals surface area contributed by atoms with Crippen LogP contribution < -0.4 is 10.9 Å². The van der Waals surface area contributed by atoms with E-state index in [1.165, 1.54) is 16.5 Å². The lowest BCUT2D eigenvalue weighted by Crippen LogP contribution is -2.32. The Morgan fingerprint density at radius 1 is 1.17 bits per heavy atom. The maximum absolute atomic E-state index is 12.3. The highest BCUT2D eigenvalue weighted by molar-refractivity contribution is 5.77. The van der Waals surface area contributed by atoms with E-state index in [2.05, 4.69) is 15.3 Å². The van der Waals surface area contributed by atoms with Gasteiger partial charge in [0.05, 0.1) is 5.39 Å². The predicted molar refractivity (Wildman–Crippen MR) is 86.8 cm³/mol. The first kappa shape index (κ1) is 14.9. The summed E-state index contributed by atoms with van der Waals surface area (Å²) >= 11 is 0. The van der Waals surface area contributed by atoms with E-state index in [4.69, 9.17) is 0 Å². The van der Waals surface area contributed by atoms with Crippen molar-refractivity contribution in [2.45, 2.75) is 20.0 Å². The molecule has 0 aliphatic carbocycles. The monoisotopic (exact) mass is 308 g/mol. The molecule has 0 unspecified atom stereocenters. The second kappa shape index (κ2) is 6.39. The van der Waals surface area contributed by atoms with Crippen LogP contribution in [-0.4, -0.2) is 20.4 Å². The molecular weight excluding hydrogens is 292 g/mol. The Labute approximate surface area is 132 Å². The molecule has 0 spiro atoms. The third-order valence-electron chi connectivity index (χ3n) is 3.52. The summed E-state index contributed by atoms with van der Waals surface area (Å²) in [6, 6.07) is 11.2. The van der Waals surface area contributed by atoms with E-state index < -0.39 is 0 Å². The third kappa shape index (κ3) is 3.42. The van der Waals surface area contributed by atoms with Gasteiger partial charge in [0.15, 0.2) is 5.65 Å². The average Bonchev–Trinajstić information content (AvgIpc) is 2.57. The van der Waals surface area contributed by atoms with Crippen LogP contribution in [0, 0.1) is 6.92 Å². The van der Waals surface area contributed by atoms with Gasteiger partial charge in [-0.3, -0.25) is 14.2 Å². The number of amides is 1. The number of nitrogens with zero attached hydrogens (tertiary/aromatic N) is 3. The first-order chi connectivity index (χ1) is 11.1. The summed E-state index contributed by atoms with van der Waals surface area (Å²) in [6.45, 7) is 2.37. The Hall–Kier alpha value is -3.02. The molecule has 0 aliphatic rings. The Morgan fingerprint density at radius 2 is 1.96 bits per heavy atom. The van der Waals surface area contributed by atoms with Gasteiger partial charge in [0.1, 0.15) is 12.9 Å². The Morgan fingerprint density at radius 3 is 2.74 bits per heavy atom. The van der Waals surface area contributed by atoms with Gasteiger partial charge in [-0.05, 0) is 24.6 Å². The molecule has 3 aromatic rings. The van der Waals surface area contributed by atoms with E-state index >= 15 is 0 Å². The molecule has 1 N–H and O–H groups in total. The van der Waals surface area contributed by atoms with E-state index in [-0.39, 0.29) is 18.0 Å². The SMILES string of the molecule is Cc1ccc(CNC(=O)Cn2cnc3ncccc3c2=O)cc1. The fraction of sp³-hybridized carbons (Fsp3) is 0.176. The third-order valence-corrected chi connectivity index (χ3v) is 3.52. The second-order valence-electron chi connectivity index (χ2n) is 5.31. The van der Waals surface area contributed by atoms with Crippen molar-refractivity contribution in [1.82, 2.24) is 19.9 Å². The van der Waals surface area contributed by atoms with Crippen LogP contribution in [0.3, 0.4) is 0 Å². The molecule has 0 atom stereocenters. The van der Waals surface area contributed by atoms with E-state index in [9.17, 15) is 9.59 Å². The van der Waals surface area contributed by atoms with Crippen molar-refractivity contribution in [2.75, 3.05) is 0 Å². The summed E-state index contributed by atoms with van der Waals surface area (Å²) in [4.78, 5) is 32.4. The minimum absolute atomic E-state index is 0.0669. The van der Waals surface area contributed by atoms with Crippen molar-refractivity contribution in [3.63, 3.8) is 0 Å². The summed E-state index contributed by atoms with van der Waals surface area (Å²) in [5.74, 6) is -0.238. The van der Waals surface area contributed by atoms with Gasteiger partial charge in [0.25, 0.3) is 5.56 Å². The molecule has 1 aromatic carbocycles. The largest absolute Gasteiger partial charge is 0.350 e. The molecule has 0 radical (unpaired) electrons. The quantitative estimate of drug-likeness (QED) is 0.790. The van der Waals surface area contributed by atoms with Gasteiger partial charge < -0.3 is 5.32 Å². The van der Waals surface area contributed by atoms with Crippen molar-refractivity contribution in [3.05, 3.63) is 70.4 Å². The van der Waals surface area contributed by atoms with Crippen LogP contribution >= 0.6 is 0 Å². The highest BCUT2D eigenvalue weighted by Crippen LogP contribution is 2.03. The van der Waals surface area contributed by atoms with Crippen LogP contribution in [-0.2, 0) is 17.9 Å². The standard InChI is InChI=1S/C17H16N4O2/c1-12-4-6-13(7-5-12)9-19-15(22)10-21-11-20-16-14(17(21)23)3-2-8-18-16/h2-8,11H,9-10H2,1H3,(H,19,22). The smallest absolute Gasteiger partial charge is 0.263 e. The fourth-order valence-corrected chi connectivity index (χ4v) is 2.23. The lowest BCUT2D eigenvalue weighted by molar-refractivity contribution is -0.121. The number of aromatic nitrogens is 3. The molecule has 23 heavy (non-hydrogen) atoms. The summed E-state index contributed by atoms with van der Waals surface area (Å²) < 4.78 is 1.29. The molecule has 0 saturated heterocycles. The van der Waals surface area contributed by atoms with Crippen molar-refractivity contribution in [3.8, 4) is 0 Å². The molecule has 3 rings (SSSR count). The number of rotatable bonds is 4. The first-order valence-corrected chi connectivity index (χ1v) is 7.26. The number of benzene rings is 1. The zero-order valence-electron chi connectivity index (χ0n) is 12.7. The Kier molecular flexibility index (Phi) is 4.14. The highest BCUT2D eigenvalue weighted by atomic mass is 16.2. The Bertz CT molecular complexity index is 900. The minimum atomic E-state index is -0.270. The minimum Gasteiger partial charge on any atom is -0.350 e. The molecule has 116 valence electrons. The molecule has 6 heteroatoms. The molecule has 0 aliphatic heterocycles. The Balaban J connectivity index is 1.69. The zero-order chi connectivity index (χ0) is 16.2. The van der Waals surface area contributed by atoms with E-state index in [1.807, 2.05) is 31.2 Å². The normalized spacial score (nSPS) is 10.7. The highest BCUT2D eigenvalue weighted by Gasteiger charge is 2.08. The molecular formula is C17H16N4O2. The lowest BCUT2D eigenvalue weighted by atomic mass is 10.1. The zero-order valence-corrected chi connectivity index (χ0v) is 12.7.